The number of halogens is 1. The molecule has 0 aliphatic carbocycles. The molecule has 2 aromatic carbocycles. The summed E-state index contributed by atoms with van der Waals surface area (Å²) in [6, 6.07) is 13.0. The largest absolute Gasteiger partial charge is 0.497 e. The molecule has 1 aliphatic heterocycles. The number of carbonyl (C=O) groups is 1. The summed E-state index contributed by atoms with van der Waals surface area (Å²) in [6.45, 7) is 4.04. The van der Waals surface area contributed by atoms with Crippen molar-refractivity contribution in [2.24, 2.45) is 0 Å². The summed E-state index contributed by atoms with van der Waals surface area (Å²) in [7, 11) is 1.63. The first-order valence-electron chi connectivity index (χ1n) is 7.82. The standard InChI is InChI=1S/C19H20BrNO3/c1-19(2)11-16(14-9-8-12(23-3)10-17(14)24-19)21-18(22)13-6-4-5-7-15(13)20/h4-10,16H,11H2,1-3H3,(H,21,22)/t16-/m0/s1. The van der Waals surface area contributed by atoms with Crippen molar-refractivity contribution in [2.45, 2.75) is 31.9 Å². The minimum atomic E-state index is -0.370. The van der Waals surface area contributed by atoms with E-state index in [1.165, 1.54) is 0 Å². The molecule has 4 nitrogen and oxygen atoms in total. The van der Waals surface area contributed by atoms with Crippen molar-refractivity contribution in [2.75, 3.05) is 7.11 Å². The Morgan fingerprint density at radius 2 is 2.04 bits per heavy atom. The predicted octanol–water partition coefficient (Wildman–Crippen LogP) is 4.49. The molecule has 0 aromatic heterocycles. The van der Waals surface area contributed by atoms with E-state index in [-0.39, 0.29) is 17.6 Å². The SMILES string of the molecule is COc1ccc2c(c1)OC(C)(C)C[C@@H]2NC(=O)c1ccccc1Br. The number of benzene rings is 2. The van der Waals surface area contributed by atoms with Gasteiger partial charge in [0.1, 0.15) is 17.1 Å². The van der Waals surface area contributed by atoms with Gasteiger partial charge in [-0.25, -0.2) is 0 Å². The van der Waals surface area contributed by atoms with Crippen molar-refractivity contribution in [3.05, 3.63) is 58.1 Å². The Bertz CT molecular complexity index is 773. The van der Waals surface area contributed by atoms with Crippen LogP contribution in [0.15, 0.2) is 46.9 Å². The highest BCUT2D eigenvalue weighted by Gasteiger charge is 2.35. The lowest BCUT2D eigenvalue weighted by Gasteiger charge is -2.38. The summed E-state index contributed by atoms with van der Waals surface area (Å²) in [4.78, 5) is 12.7. The van der Waals surface area contributed by atoms with Gasteiger partial charge in [-0.15, -0.1) is 0 Å². The summed E-state index contributed by atoms with van der Waals surface area (Å²) in [6.07, 6.45) is 0.697. The van der Waals surface area contributed by atoms with Crippen molar-refractivity contribution in [1.29, 1.82) is 0 Å². The molecule has 1 aliphatic rings. The second kappa shape index (κ2) is 6.48. The van der Waals surface area contributed by atoms with Crippen molar-refractivity contribution in [1.82, 2.24) is 5.32 Å². The van der Waals surface area contributed by atoms with Crippen molar-refractivity contribution in [3.8, 4) is 11.5 Å². The van der Waals surface area contributed by atoms with Crippen LogP contribution >= 0.6 is 15.9 Å². The average Bonchev–Trinajstić information content (AvgIpc) is 2.53. The predicted molar refractivity (Wildman–Crippen MR) is 96.7 cm³/mol. The van der Waals surface area contributed by atoms with Crippen LogP contribution < -0.4 is 14.8 Å². The summed E-state index contributed by atoms with van der Waals surface area (Å²) >= 11 is 3.43. The number of rotatable bonds is 3. The number of methoxy groups -OCH3 is 1. The van der Waals surface area contributed by atoms with E-state index >= 15 is 0 Å². The Balaban J connectivity index is 1.91. The van der Waals surface area contributed by atoms with Crippen LogP contribution in [-0.2, 0) is 0 Å². The molecule has 24 heavy (non-hydrogen) atoms. The van der Waals surface area contributed by atoms with Crippen LogP contribution in [0.5, 0.6) is 11.5 Å². The van der Waals surface area contributed by atoms with Gasteiger partial charge in [-0.1, -0.05) is 12.1 Å². The Morgan fingerprint density at radius 3 is 2.75 bits per heavy atom. The second-order valence-electron chi connectivity index (χ2n) is 6.48. The van der Waals surface area contributed by atoms with Crippen molar-refractivity contribution in [3.63, 3.8) is 0 Å². The molecule has 0 saturated carbocycles. The first kappa shape index (κ1) is 16.8. The van der Waals surface area contributed by atoms with E-state index < -0.39 is 0 Å². The molecule has 1 heterocycles. The maximum atomic E-state index is 12.7. The van der Waals surface area contributed by atoms with E-state index in [1.807, 2.05) is 50.2 Å². The van der Waals surface area contributed by atoms with Gasteiger partial charge in [-0.05, 0) is 54.0 Å². The molecule has 1 atom stereocenters. The van der Waals surface area contributed by atoms with Gasteiger partial charge in [0, 0.05) is 22.5 Å². The van der Waals surface area contributed by atoms with Gasteiger partial charge >= 0.3 is 0 Å². The highest BCUT2D eigenvalue weighted by molar-refractivity contribution is 9.10. The Labute approximate surface area is 150 Å². The molecule has 0 spiro atoms. The zero-order valence-corrected chi connectivity index (χ0v) is 15.5. The van der Waals surface area contributed by atoms with Gasteiger partial charge in [0.25, 0.3) is 5.91 Å². The third kappa shape index (κ3) is 3.41. The monoisotopic (exact) mass is 389 g/mol. The van der Waals surface area contributed by atoms with Crippen LogP contribution in [-0.4, -0.2) is 18.6 Å². The van der Waals surface area contributed by atoms with Crippen LogP contribution in [0.2, 0.25) is 0 Å². The zero-order valence-electron chi connectivity index (χ0n) is 13.9. The van der Waals surface area contributed by atoms with E-state index in [1.54, 1.807) is 13.2 Å². The first-order valence-corrected chi connectivity index (χ1v) is 8.61. The molecule has 0 bridgehead atoms. The fourth-order valence-corrected chi connectivity index (χ4v) is 3.43. The lowest BCUT2D eigenvalue weighted by molar-refractivity contribution is 0.0617. The first-order chi connectivity index (χ1) is 11.4. The molecule has 0 radical (unpaired) electrons. The molecular weight excluding hydrogens is 370 g/mol. The average molecular weight is 390 g/mol. The molecule has 1 amide bonds. The van der Waals surface area contributed by atoms with Gasteiger partial charge in [0.15, 0.2) is 0 Å². The van der Waals surface area contributed by atoms with Crippen LogP contribution in [0.3, 0.4) is 0 Å². The molecule has 1 N–H and O–H groups in total. The van der Waals surface area contributed by atoms with Crippen LogP contribution in [0.25, 0.3) is 0 Å². The Morgan fingerprint density at radius 1 is 1.29 bits per heavy atom. The Hall–Kier alpha value is -2.01. The van der Waals surface area contributed by atoms with Gasteiger partial charge in [-0.2, -0.15) is 0 Å². The molecule has 0 fully saturated rings. The maximum absolute atomic E-state index is 12.7. The number of carbonyl (C=O) groups excluding carboxylic acids is 1. The van der Waals surface area contributed by atoms with Gasteiger partial charge < -0.3 is 14.8 Å². The maximum Gasteiger partial charge on any atom is 0.252 e. The smallest absolute Gasteiger partial charge is 0.252 e. The number of nitrogens with one attached hydrogen (secondary N) is 1. The minimum Gasteiger partial charge on any atom is -0.497 e. The fraction of sp³-hybridized carbons (Fsp3) is 0.316. The number of hydrogen-bond acceptors (Lipinski definition) is 3. The minimum absolute atomic E-state index is 0.105. The van der Waals surface area contributed by atoms with E-state index in [4.69, 9.17) is 9.47 Å². The van der Waals surface area contributed by atoms with E-state index in [2.05, 4.69) is 21.2 Å². The van der Waals surface area contributed by atoms with Gasteiger partial charge in [0.2, 0.25) is 0 Å². The van der Waals surface area contributed by atoms with Crippen LogP contribution in [0.4, 0.5) is 0 Å². The van der Waals surface area contributed by atoms with Crippen LogP contribution in [0.1, 0.15) is 42.2 Å². The van der Waals surface area contributed by atoms with E-state index in [0.717, 1.165) is 21.5 Å². The quantitative estimate of drug-likeness (QED) is 0.840. The van der Waals surface area contributed by atoms with Crippen LogP contribution in [0, 0.1) is 0 Å². The second-order valence-corrected chi connectivity index (χ2v) is 7.33. The number of hydrogen-bond donors (Lipinski definition) is 1. The summed E-state index contributed by atoms with van der Waals surface area (Å²) in [5.41, 5.74) is 1.22. The number of fused-ring (bicyclic) bond motifs is 1. The van der Waals surface area contributed by atoms with Gasteiger partial charge in [-0.3, -0.25) is 4.79 Å². The molecule has 5 heteroatoms. The third-order valence-corrected chi connectivity index (χ3v) is 4.79. The molecule has 0 saturated heterocycles. The molecule has 3 rings (SSSR count). The summed E-state index contributed by atoms with van der Waals surface area (Å²) < 4.78 is 12.1. The lowest BCUT2D eigenvalue weighted by Crippen LogP contribution is -2.41. The summed E-state index contributed by atoms with van der Waals surface area (Å²) in [5, 5.41) is 3.14. The Kier molecular flexibility index (Phi) is 4.54. The highest BCUT2D eigenvalue weighted by Crippen LogP contribution is 2.41. The lowest BCUT2D eigenvalue weighted by atomic mass is 9.89. The zero-order chi connectivity index (χ0) is 17.3. The number of ether oxygens (including phenoxy) is 2. The molecule has 2 aromatic rings. The fourth-order valence-electron chi connectivity index (χ4n) is 2.97. The molecule has 0 unspecified atom stereocenters. The topological polar surface area (TPSA) is 47.6 Å². The molecule has 126 valence electrons. The summed E-state index contributed by atoms with van der Waals surface area (Å²) in [5.74, 6) is 1.39. The van der Waals surface area contributed by atoms with Gasteiger partial charge in [0.05, 0.1) is 18.7 Å². The van der Waals surface area contributed by atoms with Crippen molar-refractivity contribution < 1.29 is 14.3 Å². The highest BCUT2D eigenvalue weighted by atomic mass is 79.9. The van der Waals surface area contributed by atoms with E-state index in [0.29, 0.717) is 12.0 Å². The molecular formula is C19H20BrNO3. The van der Waals surface area contributed by atoms with E-state index in [9.17, 15) is 4.79 Å². The third-order valence-electron chi connectivity index (χ3n) is 4.10. The van der Waals surface area contributed by atoms with Crippen molar-refractivity contribution >= 4 is 21.8 Å². The number of amides is 1. The normalized spacial score (nSPS) is 18.2.